The number of benzene rings is 2. The van der Waals surface area contributed by atoms with Crippen LogP contribution in [-0.2, 0) is 11.3 Å². The summed E-state index contributed by atoms with van der Waals surface area (Å²) in [6.45, 7) is 3.30. The summed E-state index contributed by atoms with van der Waals surface area (Å²) in [5.41, 5.74) is 2.15. The molecule has 1 N–H and O–H groups in total. The second-order valence-corrected chi connectivity index (χ2v) is 7.62. The number of carbonyl (C=O) groups is 1. The molecule has 1 unspecified atom stereocenters. The molecule has 26 heavy (non-hydrogen) atoms. The molecule has 2 heterocycles. The molecule has 0 saturated carbocycles. The van der Waals surface area contributed by atoms with Gasteiger partial charge < -0.3 is 10.2 Å². The molecule has 3 nitrogen and oxygen atoms in total. The molecule has 2 saturated heterocycles. The van der Waals surface area contributed by atoms with Crippen LogP contribution >= 0.6 is 24.0 Å². The second kappa shape index (κ2) is 7.99. The molecular formula is C21H24Cl2N2O. The topological polar surface area (TPSA) is 32.3 Å². The highest BCUT2D eigenvalue weighted by Crippen LogP contribution is 2.50. The average Bonchev–Trinajstić information content (AvgIpc) is 2.90. The van der Waals surface area contributed by atoms with E-state index in [2.05, 4.69) is 34.5 Å². The van der Waals surface area contributed by atoms with E-state index < -0.39 is 0 Å². The number of rotatable bonds is 3. The van der Waals surface area contributed by atoms with Gasteiger partial charge in [-0.2, -0.15) is 0 Å². The first-order valence-corrected chi connectivity index (χ1v) is 9.36. The summed E-state index contributed by atoms with van der Waals surface area (Å²) in [5.74, 6) is 0.556. The highest BCUT2D eigenvalue weighted by Gasteiger charge is 2.54. The smallest absolute Gasteiger partial charge is 0.229 e. The van der Waals surface area contributed by atoms with Gasteiger partial charge in [0.25, 0.3) is 0 Å². The van der Waals surface area contributed by atoms with E-state index in [4.69, 9.17) is 11.6 Å². The highest BCUT2D eigenvalue weighted by atomic mass is 35.5. The van der Waals surface area contributed by atoms with Crippen LogP contribution in [-0.4, -0.2) is 30.4 Å². The largest absolute Gasteiger partial charge is 0.337 e. The van der Waals surface area contributed by atoms with Crippen molar-refractivity contribution in [1.29, 1.82) is 0 Å². The van der Waals surface area contributed by atoms with Gasteiger partial charge in [0.2, 0.25) is 5.91 Å². The fraction of sp³-hybridized carbons (Fsp3) is 0.381. The van der Waals surface area contributed by atoms with Crippen LogP contribution in [0.3, 0.4) is 0 Å². The van der Waals surface area contributed by atoms with Crippen LogP contribution in [0, 0.1) is 5.41 Å². The summed E-state index contributed by atoms with van der Waals surface area (Å²) in [6, 6.07) is 18.3. The quantitative estimate of drug-likeness (QED) is 0.848. The Morgan fingerprint density at radius 1 is 1.04 bits per heavy atom. The lowest BCUT2D eigenvalue weighted by atomic mass is 9.68. The van der Waals surface area contributed by atoms with Gasteiger partial charge in [0, 0.05) is 24.0 Å². The maximum atomic E-state index is 13.4. The van der Waals surface area contributed by atoms with E-state index in [1.54, 1.807) is 0 Å². The van der Waals surface area contributed by atoms with Crippen molar-refractivity contribution in [2.45, 2.75) is 25.3 Å². The Labute approximate surface area is 166 Å². The average molecular weight is 391 g/mol. The summed E-state index contributed by atoms with van der Waals surface area (Å²) in [7, 11) is 0. The Kier molecular flexibility index (Phi) is 5.91. The van der Waals surface area contributed by atoms with Gasteiger partial charge in [-0.05, 0) is 49.2 Å². The summed E-state index contributed by atoms with van der Waals surface area (Å²) in [6.07, 6.45) is 1.81. The van der Waals surface area contributed by atoms with Crippen molar-refractivity contribution in [1.82, 2.24) is 10.2 Å². The minimum atomic E-state index is -0.270. The van der Waals surface area contributed by atoms with Gasteiger partial charge in [-0.3, -0.25) is 4.79 Å². The molecule has 138 valence electrons. The van der Waals surface area contributed by atoms with Gasteiger partial charge in [-0.25, -0.2) is 0 Å². The number of halogens is 2. The number of piperidine rings is 1. The number of hydrogen-bond acceptors (Lipinski definition) is 2. The van der Waals surface area contributed by atoms with Crippen molar-refractivity contribution in [2.75, 3.05) is 19.6 Å². The third-order valence-corrected chi connectivity index (χ3v) is 6.02. The molecule has 4 rings (SSSR count). The minimum absolute atomic E-state index is 0. The number of nitrogens with one attached hydrogen (secondary N) is 1. The third kappa shape index (κ3) is 3.48. The summed E-state index contributed by atoms with van der Waals surface area (Å²) < 4.78 is 0. The first-order valence-electron chi connectivity index (χ1n) is 8.98. The Balaban J connectivity index is 0.00000196. The van der Waals surface area contributed by atoms with Crippen molar-refractivity contribution in [2.24, 2.45) is 5.41 Å². The van der Waals surface area contributed by atoms with E-state index in [0.29, 0.717) is 12.5 Å². The molecule has 0 radical (unpaired) electrons. The molecule has 2 fully saturated rings. The predicted octanol–water partition coefficient (Wildman–Crippen LogP) is 4.26. The van der Waals surface area contributed by atoms with Gasteiger partial charge in [-0.1, -0.05) is 54.1 Å². The molecule has 2 aliphatic rings. The molecule has 1 amide bonds. The van der Waals surface area contributed by atoms with Crippen LogP contribution in [0.15, 0.2) is 54.6 Å². The van der Waals surface area contributed by atoms with E-state index in [1.807, 2.05) is 30.3 Å². The van der Waals surface area contributed by atoms with E-state index in [1.165, 1.54) is 11.1 Å². The molecule has 0 aliphatic carbocycles. The summed E-state index contributed by atoms with van der Waals surface area (Å²) in [5, 5.41) is 4.15. The Morgan fingerprint density at radius 3 is 2.35 bits per heavy atom. The Hall–Kier alpha value is -1.55. The van der Waals surface area contributed by atoms with E-state index in [-0.39, 0.29) is 23.7 Å². The second-order valence-electron chi connectivity index (χ2n) is 7.18. The lowest BCUT2D eigenvalue weighted by Gasteiger charge is -2.36. The number of carbonyl (C=O) groups excluding carboxylic acids is 1. The zero-order chi connectivity index (χ0) is 17.3. The van der Waals surface area contributed by atoms with Gasteiger partial charge in [0.1, 0.15) is 0 Å². The molecule has 0 bridgehead atoms. The SMILES string of the molecule is Cl.O=C1N(Cc2ccccc2)CC(c2ccc(Cl)cc2)C12CCNCC2. The van der Waals surface area contributed by atoms with Crippen LogP contribution < -0.4 is 5.32 Å². The summed E-state index contributed by atoms with van der Waals surface area (Å²) in [4.78, 5) is 15.5. The van der Waals surface area contributed by atoms with Crippen LogP contribution in [0.4, 0.5) is 0 Å². The van der Waals surface area contributed by atoms with Crippen molar-refractivity contribution >= 4 is 29.9 Å². The lowest BCUT2D eigenvalue weighted by Crippen LogP contribution is -2.44. The van der Waals surface area contributed by atoms with E-state index in [9.17, 15) is 4.79 Å². The fourth-order valence-corrected chi connectivity index (χ4v) is 4.56. The van der Waals surface area contributed by atoms with Crippen molar-refractivity contribution in [3.8, 4) is 0 Å². The first kappa shape index (κ1) is 19.2. The van der Waals surface area contributed by atoms with Gasteiger partial charge >= 0.3 is 0 Å². The molecule has 1 atom stereocenters. The Morgan fingerprint density at radius 2 is 1.69 bits per heavy atom. The maximum absolute atomic E-state index is 13.4. The van der Waals surface area contributed by atoms with Crippen LogP contribution in [0.1, 0.15) is 29.9 Å². The van der Waals surface area contributed by atoms with Crippen molar-refractivity contribution in [3.05, 3.63) is 70.7 Å². The van der Waals surface area contributed by atoms with Crippen LogP contribution in [0.2, 0.25) is 5.02 Å². The first-order chi connectivity index (χ1) is 12.2. The highest BCUT2D eigenvalue weighted by molar-refractivity contribution is 6.30. The number of nitrogens with zero attached hydrogens (tertiary/aromatic N) is 1. The lowest BCUT2D eigenvalue weighted by molar-refractivity contribution is -0.138. The monoisotopic (exact) mass is 390 g/mol. The Bertz CT molecular complexity index is 742. The number of likely N-dealkylation sites (tertiary alicyclic amines) is 1. The zero-order valence-corrected chi connectivity index (χ0v) is 16.2. The minimum Gasteiger partial charge on any atom is -0.337 e. The molecule has 2 aromatic rings. The van der Waals surface area contributed by atoms with Gasteiger partial charge in [0.05, 0.1) is 5.41 Å². The van der Waals surface area contributed by atoms with Gasteiger partial charge in [0.15, 0.2) is 0 Å². The van der Waals surface area contributed by atoms with Crippen LogP contribution in [0.25, 0.3) is 0 Å². The van der Waals surface area contributed by atoms with Gasteiger partial charge in [-0.15, -0.1) is 12.4 Å². The predicted molar refractivity (Wildman–Crippen MR) is 108 cm³/mol. The van der Waals surface area contributed by atoms with E-state index in [0.717, 1.165) is 37.5 Å². The molecule has 2 aromatic carbocycles. The third-order valence-electron chi connectivity index (χ3n) is 5.77. The molecule has 2 aliphatic heterocycles. The molecule has 5 heteroatoms. The maximum Gasteiger partial charge on any atom is 0.229 e. The number of amides is 1. The normalized spacial score (nSPS) is 21.7. The van der Waals surface area contributed by atoms with Crippen molar-refractivity contribution < 1.29 is 4.79 Å². The standard InChI is InChI=1S/C21H23ClN2O.ClH/c22-18-8-6-17(7-9-18)19-15-24(14-16-4-2-1-3-5-16)20(25)21(19)10-12-23-13-11-21;/h1-9,19,23H,10-15H2;1H. The van der Waals surface area contributed by atoms with Crippen LogP contribution in [0.5, 0.6) is 0 Å². The molecule has 0 aromatic heterocycles. The number of hydrogen-bond donors (Lipinski definition) is 1. The zero-order valence-electron chi connectivity index (χ0n) is 14.7. The molecular weight excluding hydrogens is 367 g/mol. The van der Waals surface area contributed by atoms with Crippen molar-refractivity contribution in [3.63, 3.8) is 0 Å². The summed E-state index contributed by atoms with van der Waals surface area (Å²) >= 11 is 6.07. The molecule has 1 spiro atoms. The van der Waals surface area contributed by atoms with E-state index >= 15 is 0 Å². The fourth-order valence-electron chi connectivity index (χ4n) is 4.44.